The average Bonchev–Trinajstić information content (AvgIpc) is 2.66. The van der Waals surface area contributed by atoms with E-state index in [1.807, 2.05) is 23.8 Å². The van der Waals surface area contributed by atoms with Gasteiger partial charge in [-0.05, 0) is 18.6 Å². The van der Waals surface area contributed by atoms with Gasteiger partial charge in [0.15, 0.2) is 0 Å². The fourth-order valence-electron chi connectivity index (χ4n) is 2.02. The lowest BCUT2D eigenvalue weighted by Gasteiger charge is -2.03. The van der Waals surface area contributed by atoms with Crippen molar-refractivity contribution in [3.8, 4) is 0 Å². The highest BCUT2D eigenvalue weighted by atomic mass is 16.4. The number of benzene rings is 1. The molecule has 4 heteroatoms. The molecule has 2 rings (SSSR count). The molecule has 0 aliphatic rings. The minimum absolute atomic E-state index is 0.332. The van der Waals surface area contributed by atoms with Crippen LogP contribution >= 0.6 is 0 Å². The van der Waals surface area contributed by atoms with E-state index in [1.54, 1.807) is 12.1 Å². The predicted molar refractivity (Wildman–Crippen MR) is 62.5 cm³/mol. The molecule has 0 bridgehead atoms. The molecule has 0 amide bonds. The van der Waals surface area contributed by atoms with Crippen LogP contribution in [0, 0.1) is 0 Å². The van der Waals surface area contributed by atoms with Crippen LogP contribution in [0.3, 0.4) is 0 Å². The highest BCUT2D eigenvalue weighted by molar-refractivity contribution is 6.03. The van der Waals surface area contributed by atoms with Crippen LogP contribution in [0.1, 0.15) is 22.8 Å². The number of nitrogens with zero attached hydrogens (tertiary/aromatic N) is 1. The van der Waals surface area contributed by atoms with Crippen molar-refractivity contribution < 1.29 is 9.90 Å². The van der Waals surface area contributed by atoms with Gasteiger partial charge in [0.2, 0.25) is 0 Å². The molecule has 84 valence electrons. The molecule has 0 saturated carbocycles. The monoisotopic (exact) mass is 218 g/mol. The molecule has 4 nitrogen and oxygen atoms in total. The number of carboxylic acids is 1. The predicted octanol–water partition coefficient (Wildman–Crippen LogP) is 1.82. The first-order chi connectivity index (χ1) is 7.69. The third-order valence-corrected chi connectivity index (χ3v) is 2.77. The Balaban J connectivity index is 2.84. The Bertz CT molecular complexity index is 543. The van der Waals surface area contributed by atoms with Crippen molar-refractivity contribution in [1.82, 2.24) is 4.57 Å². The topological polar surface area (TPSA) is 68.2 Å². The van der Waals surface area contributed by atoms with Gasteiger partial charge in [0, 0.05) is 24.7 Å². The van der Waals surface area contributed by atoms with Crippen LogP contribution in [-0.2, 0) is 13.1 Å². The minimum Gasteiger partial charge on any atom is -0.478 e. The van der Waals surface area contributed by atoms with Crippen molar-refractivity contribution in [3.05, 3.63) is 35.5 Å². The molecule has 0 aliphatic heterocycles. The molecule has 1 aromatic carbocycles. The molecule has 0 fully saturated rings. The smallest absolute Gasteiger partial charge is 0.337 e. The largest absolute Gasteiger partial charge is 0.478 e. The quantitative estimate of drug-likeness (QED) is 0.825. The lowest BCUT2D eigenvalue weighted by Crippen LogP contribution is -2.01. The van der Waals surface area contributed by atoms with E-state index in [9.17, 15) is 4.79 Å². The summed E-state index contributed by atoms with van der Waals surface area (Å²) < 4.78 is 1.93. The number of hydrogen-bond donors (Lipinski definition) is 2. The van der Waals surface area contributed by atoms with E-state index in [2.05, 4.69) is 0 Å². The van der Waals surface area contributed by atoms with Crippen LogP contribution < -0.4 is 5.73 Å². The Morgan fingerprint density at radius 3 is 2.81 bits per heavy atom. The molecule has 0 spiro atoms. The lowest BCUT2D eigenvalue weighted by atomic mass is 10.1. The van der Waals surface area contributed by atoms with Crippen LogP contribution in [0.25, 0.3) is 10.9 Å². The Morgan fingerprint density at radius 2 is 2.25 bits per heavy atom. The molecule has 3 N–H and O–H groups in total. The van der Waals surface area contributed by atoms with Crippen LogP contribution in [-0.4, -0.2) is 15.6 Å². The van der Waals surface area contributed by atoms with Crippen molar-refractivity contribution in [1.29, 1.82) is 0 Å². The molecular formula is C12H14N2O2. The lowest BCUT2D eigenvalue weighted by molar-refractivity contribution is 0.0698. The number of aryl methyl sites for hydroxylation is 1. The van der Waals surface area contributed by atoms with Gasteiger partial charge >= 0.3 is 5.97 Å². The number of hydrogen-bond acceptors (Lipinski definition) is 2. The standard InChI is InChI=1S/C12H14N2O2/c1-2-14-7-8(6-13)9-4-3-5-10(11(9)14)12(15)16/h3-5,7H,2,6,13H2,1H3,(H,15,16). The zero-order chi connectivity index (χ0) is 11.7. The van der Waals surface area contributed by atoms with E-state index < -0.39 is 5.97 Å². The highest BCUT2D eigenvalue weighted by Crippen LogP contribution is 2.24. The molecule has 1 heterocycles. The summed E-state index contributed by atoms with van der Waals surface area (Å²) in [6.45, 7) is 3.14. The summed E-state index contributed by atoms with van der Waals surface area (Å²) in [4.78, 5) is 11.1. The number of aromatic nitrogens is 1. The molecule has 16 heavy (non-hydrogen) atoms. The van der Waals surface area contributed by atoms with Crippen molar-refractivity contribution in [2.24, 2.45) is 5.73 Å². The molecule has 0 unspecified atom stereocenters. The molecule has 2 aromatic rings. The second kappa shape index (κ2) is 3.98. The van der Waals surface area contributed by atoms with Crippen LogP contribution in [0.5, 0.6) is 0 Å². The second-order valence-corrected chi connectivity index (χ2v) is 3.65. The van der Waals surface area contributed by atoms with Gasteiger partial charge in [-0.3, -0.25) is 0 Å². The highest BCUT2D eigenvalue weighted by Gasteiger charge is 2.14. The maximum Gasteiger partial charge on any atom is 0.337 e. The molecule has 0 atom stereocenters. The summed E-state index contributed by atoms with van der Waals surface area (Å²) in [6, 6.07) is 5.29. The van der Waals surface area contributed by atoms with Crippen LogP contribution in [0.2, 0.25) is 0 Å². The van der Waals surface area contributed by atoms with Gasteiger partial charge in [-0.1, -0.05) is 12.1 Å². The van der Waals surface area contributed by atoms with Crippen molar-refractivity contribution in [3.63, 3.8) is 0 Å². The third kappa shape index (κ3) is 1.47. The fraction of sp³-hybridized carbons (Fsp3) is 0.250. The maximum atomic E-state index is 11.1. The summed E-state index contributed by atoms with van der Waals surface area (Å²) >= 11 is 0. The number of rotatable bonds is 3. The molecule has 1 aromatic heterocycles. The van der Waals surface area contributed by atoms with Crippen molar-refractivity contribution >= 4 is 16.9 Å². The summed E-state index contributed by atoms with van der Waals surface area (Å²) in [6.07, 6.45) is 1.93. The average molecular weight is 218 g/mol. The van der Waals surface area contributed by atoms with Crippen molar-refractivity contribution in [2.75, 3.05) is 0 Å². The van der Waals surface area contributed by atoms with E-state index >= 15 is 0 Å². The Kier molecular flexibility index (Phi) is 2.66. The second-order valence-electron chi connectivity index (χ2n) is 3.65. The first-order valence-corrected chi connectivity index (χ1v) is 5.23. The maximum absolute atomic E-state index is 11.1. The first-order valence-electron chi connectivity index (χ1n) is 5.23. The van der Waals surface area contributed by atoms with Crippen LogP contribution in [0.15, 0.2) is 24.4 Å². The van der Waals surface area contributed by atoms with Gasteiger partial charge in [-0.2, -0.15) is 0 Å². The van der Waals surface area contributed by atoms with E-state index in [0.717, 1.165) is 23.0 Å². The molecular weight excluding hydrogens is 204 g/mol. The summed E-state index contributed by atoms with van der Waals surface area (Å²) in [7, 11) is 0. The SMILES string of the molecule is CCn1cc(CN)c2cccc(C(=O)O)c21. The number of fused-ring (bicyclic) bond motifs is 1. The molecule has 0 aliphatic carbocycles. The van der Waals surface area contributed by atoms with E-state index in [1.165, 1.54) is 0 Å². The van der Waals surface area contributed by atoms with Gasteiger partial charge in [-0.15, -0.1) is 0 Å². The van der Waals surface area contributed by atoms with Gasteiger partial charge in [0.25, 0.3) is 0 Å². The Labute approximate surface area is 93.3 Å². The zero-order valence-electron chi connectivity index (χ0n) is 9.10. The summed E-state index contributed by atoms with van der Waals surface area (Å²) in [5.74, 6) is -0.901. The van der Waals surface area contributed by atoms with Gasteiger partial charge in [0.05, 0.1) is 11.1 Å². The van der Waals surface area contributed by atoms with Gasteiger partial charge < -0.3 is 15.4 Å². The van der Waals surface area contributed by atoms with Crippen LogP contribution in [0.4, 0.5) is 0 Å². The normalized spacial score (nSPS) is 10.9. The Morgan fingerprint density at radius 1 is 1.50 bits per heavy atom. The van der Waals surface area contributed by atoms with Gasteiger partial charge in [-0.25, -0.2) is 4.79 Å². The Hall–Kier alpha value is -1.81. The van der Waals surface area contributed by atoms with Gasteiger partial charge in [0.1, 0.15) is 0 Å². The zero-order valence-corrected chi connectivity index (χ0v) is 9.10. The summed E-state index contributed by atoms with van der Waals surface area (Å²) in [5.41, 5.74) is 7.73. The minimum atomic E-state index is -0.901. The number of aromatic carboxylic acids is 1. The molecule has 0 radical (unpaired) electrons. The van der Waals surface area contributed by atoms with Crippen molar-refractivity contribution in [2.45, 2.75) is 20.0 Å². The first kappa shape index (κ1) is 10.7. The van der Waals surface area contributed by atoms with E-state index in [0.29, 0.717) is 12.1 Å². The fourth-order valence-corrected chi connectivity index (χ4v) is 2.02. The molecule has 0 saturated heterocycles. The number of nitrogens with two attached hydrogens (primary N) is 1. The number of carboxylic acid groups (broad SMARTS) is 1. The van der Waals surface area contributed by atoms with E-state index in [-0.39, 0.29) is 0 Å². The van der Waals surface area contributed by atoms with E-state index in [4.69, 9.17) is 10.8 Å². The summed E-state index contributed by atoms with van der Waals surface area (Å²) in [5, 5.41) is 10.1. The number of para-hydroxylation sites is 1. The third-order valence-electron chi connectivity index (χ3n) is 2.77. The number of carbonyl (C=O) groups is 1.